The van der Waals surface area contributed by atoms with Crippen LogP contribution in [0.2, 0.25) is 0 Å². The van der Waals surface area contributed by atoms with Gasteiger partial charge >= 0.3 is 18.2 Å². The molecule has 3 rings (SSSR count). The van der Waals surface area contributed by atoms with Gasteiger partial charge in [-0.15, -0.1) is 0 Å². The van der Waals surface area contributed by atoms with E-state index in [2.05, 4.69) is 10.6 Å². The monoisotopic (exact) mass is 949 g/mol. The smallest absolute Gasteiger partial charge is 0.407 e. The van der Waals surface area contributed by atoms with Gasteiger partial charge in [0.2, 0.25) is 0 Å². The number of ether oxygens (including phenoxy) is 8. The number of aliphatic hydroxyl groups is 4. The normalized spacial score (nSPS) is 42.2. The molecule has 3 aliphatic heterocycles. The first-order chi connectivity index (χ1) is 30.4. The number of hydrogen-bond donors (Lipinski definition) is 7. The molecular weight excluding hydrogens is 861 g/mol. The van der Waals surface area contributed by atoms with Gasteiger partial charge in [0.1, 0.15) is 29.0 Å². The van der Waals surface area contributed by atoms with Gasteiger partial charge in [-0.25, -0.2) is 9.59 Å². The van der Waals surface area contributed by atoms with Crippen molar-refractivity contribution in [3.63, 3.8) is 0 Å². The summed E-state index contributed by atoms with van der Waals surface area (Å²) in [5.41, 5.74) is -0.277. The van der Waals surface area contributed by atoms with E-state index in [0.29, 0.717) is 25.9 Å². The van der Waals surface area contributed by atoms with E-state index < -0.39 is 126 Å². The van der Waals surface area contributed by atoms with Gasteiger partial charge in [0.15, 0.2) is 18.7 Å². The molecule has 0 saturated carbocycles. The Morgan fingerprint density at radius 1 is 0.924 bits per heavy atom. The Balaban J connectivity index is 2.21. The lowest BCUT2D eigenvalue weighted by Crippen LogP contribution is -2.62. The molecule has 0 aliphatic carbocycles. The van der Waals surface area contributed by atoms with Gasteiger partial charge in [-0.05, 0) is 121 Å². The van der Waals surface area contributed by atoms with E-state index in [1.54, 1.807) is 76.2 Å². The maximum atomic E-state index is 14.6. The summed E-state index contributed by atoms with van der Waals surface area (Å²) >= 11 is 0. The van der Waals surface area contributed by atoms with Crippen LogP contribution in [0, 0.1) is 23.7 Å². The van der Waals surface area contributed by atoms with Gasteiger partial charge in [-0.1, -0.05) is 27.7 Å². The van der Waals surface area contributed by atoms with Crippen molar-refractivity contribution in [2.45, 2.75) is 224 Å². The fourth-order valence-corrected chi connectivity index (χ4v) is 10.1. The summed E-state index contributed by atoms with van der Waals surface area (Å²) in [7, 11) is 5.19. The summed E-state index contributed by atoms with van der Waals surface area (Å²) in [4.78, 5) is 42.8. The van der Waals surface area contributed by atoms with Crippen LogP contribution < -0.4 is 16.4 Å². The second kappa shape index (κ2) is 23.9. The average Bonchev–Trinajstić information content (AvgIpc) is 3.21. The number of esters is 1. The van der Waals surface area contributed by atoms with E-state index in [-0.39, 0.29) is 31.4 Å². The Labute approximate surface area is 393 Å². The summed E-state index contributed by atoms with van der Waals surface area (Å²) in [6, 6.07) is -1.29. The fourth-order valence-electron chi connectivity index (χ4n) is 10.1. The van der Waals surface area contributed by atoms with Crippen LogP contribution in [0.25, 0.3) is 0 Å². The molecule has 0 aromatic carbocycles. The van der Waals surface area contributed by atoms with E-state index in [1.165, 1.54) is 14.0 Å². The number of amides is 2. The van der Waals surface area contributed by atoms with Gasteiger partial charge in [0.25, 0.3) is 0 Å². The second-order valence-electron chi connectivity index (χ2n) is 21.2. The van der Waals surface area contributed by atoms with Crippen molar-refractivity contribution < 1.29 is 72.7 Å². The first-order valence-corrected chi connectivity index (χ1v) is 23.9. The number of unbranched alkanes of at least 4 members (excludes halogenated alkanes) is 1. The number of rotatable bonds is 13. The summed E-state index contributed by atoms with van der Waals surface area (Å²) < 4.78 is 50.0. The van der Waals surface area contributed by atoms with Crippen LogP contribution in [0.15, 0.2) is 0 Å². The third kappa shape index (κ3) is 14.8. The molecule has 19 atom stereocenters. The van der Waals surface area contributed by atoms with Crippen LogP contribution in [-0.4, -0.2) is 174 Å². The fraction of sp³-hybridized carbons (Fsp3) is 0.936. The number of alkyl carbamates (subject to hydrolysis) is 2. The number of carbonyl (C=O) groups excluding carboxylic acids is 3. The molecule has 8 N–H and O–H groups in total. The summed E-state index contributed by atoms with van der Waals surface area (Å²) in [5, 5.41) is 54.5. The lowest BCUT2D eigenvalue weighted by Gasteiger charge is -2.50. The first kappa shape index (κ1) is 57.9. The largest absolute Gasteiger partial charge is 0.459 e. The highest BCUT2D eigenvalue weighted by Crippen LogP contribution is 2.42. The van der Waals surface area contributed by atoms with Crippen LogP contribution in [0.4, 0.5) is 9.59 Å². The molecule has 9 unspecified atom stereocenters. The van der Waals surface area contributed by atoms with Gasteiger partial charge in [-0.3, -0.25) is 4.79 Å². The predicted octanol–water partition coefficient (Wildman–Crippen LogP) is 3.58. The number of likely N-dealkylation sites (N-methyl/N-ethyl adjacent to an activating group) is 1. The maximum Gasteiger partial charge on any atom is 0.407 e. The highest BCUT2D eigenvalue weighted by Gasteiger charge is 2.54. The molecule has 0 bridgehead atoms. The Morgan fingerprint density at radius 2 is 1.56 bits per heavy atom. The molecule has 0 aromatic rings. The lowest BCUT2D eigenvalue weighted by molar-refractivity contribution is -0.318. The molecule has 3 heterocycles. The third-order valence-corrected chi connectivity index (χ3v) is 13.9. The van der Waals surface area contributed by atoms with Crippen molar-refractivity contribution in [2.24, 2.45) is 29.4 Å². The zero-order valence-corrected chi connectivity index (χ0v) is 42.7. The topological polar surface area (TPSA) is 259 Å². The van der Waals surface area contributed by atoms with Crippen LogP contribution >= 0.6 is 0 Å². The van der Waals surface area contributed by atoms with Crippen molar-refractivity contribution in [1.82, 2.24) is 15.5 Å². The number of carbonyl (C=O) groups is 3. The van der Waals surface area contributed by atoms with E-state index in [4.69, 9.17) is 43.6 Å². The Kier molecular flexibility index (Phi) is 21.0. The summed E-state index contributed by atoms with van der Waals surface area (Å²) in [6.45, 7) is 22.9. The second-order valence-corrected chi connectivity index (χ2v) is 21.2. The van der Waals surface area contributed by atoms with Crippen molar-refractivity contribution in [2.75, 3.05) is 34.3 Å². The van der Waals surface area contributed by atoms with Crippen molar-refractivity contribution in [3.8, 4) is 0 Å². The van der Waals surface area contributed by atoms with E-state index >= 15 is 0 Å². The number of nitrogens with zero attached hydrogens (tertiary/aromatic N) is 1. The molecule has 19 heteroatoms. The van der Waals surface area contributed by atoms with Gasteiger partial charge in [-0.2, -0.15) is 0 Å². The van der Waals surface area contributed by atoms with E-state index in [1.807, 2.05) is 25.9 Å². The zero-order chi connectivity index (χ0) is 50.3. The summed E-state index contributed by atoms with van der Waals surface area (Å²) in [5.74, 6) is -4.36. The molecule has 3 fully saturated rings. The highest BCUT2D eigenvalue weighted by molar-refractivity contribution is 5.73. The lowest BCUT2D eigenvalue weighted by atomic mass is 9.72. The van der Waals surface area contributed by atoms with Crippen LogP contribution in [0.5, 0.6) is 0 Å². The van der Waals surface area contributed by atoms with E-state index in [0.717, 1.165) is 6.42 Å². The molecule has 2 amide bonds. The molecule has 19 nitrogen and oxygen atoms in total. The van der Waals surface area contributed by atoms with Crippen LogP contribution in [0.3, 0.4) is 0 Å². The SMILES string of the molecule is CC[C@H]1OC(=O)[C@H](C)[C@@H](OC2CC(C)(OC)C(OC(=O)NCCCCN)C(C)O2)C(C)[C@@H](OC2OC(C)CC(N(C)C)C2O)[C@](C)(O)C[C@@H](C)[C@H](NC(=O)OC(C)(C)C)[C@H](C)[C@@H](O)[C@]1(C)O. The van der Waals surface area contributed by atoms with Gasteiger partial charge in [0, 0.05) is 44.0 Å². The molecular formula is C47H88N4O15. The van der Waals surface area contributed by atoms with Crippen molar-refractivity contribution in [3.05, 3.63) is 0 Å². The number of nitrogens with two attached hydrogens (primary N) is 1. The first-order valence-electron chi connectivity index (χ1n) is 23.9. The highest BCUT2D eigenvalue weighted by atomic mass is 16.7. The Bertz CT molecular complexity index is 1550. The minimum atomic E-state index is -2.03. The average molecular weight is 949 g/mol. The molecule has 66 heavy (non-hydrogen) atoms. The minimum absolute atomic E-state index is 0.0315. The van der Waals surface area contributed by atoms with Crippen LogP contribution in [-0.2, 0) is 42.7 Å². The van der Waals surface area contributed by atoms with Gasteiger partial charge in [0.05, 0.1) is 42.0 Å². The number of aliphatic hydroxyl groups excluding tert-OH is 2. The predicted molar refractivity (Wildman–Crippen MR) is 245 cm³/mol. The molecule has 0 radical (unpaired) electrons. The maximum absolute atomic E-state index is 14.6. The third-order valence-electron chi connectivity index (χ3n) is 13.9. The van der Waals surface area contributed by atoms with Crippen molar-refractivity contribution >= 4 is 18.2 Å². The molecule has 386 valence electrons. The van der Waals surface area contributed by atoms with Crippen molar-refractivity contribution in [1.29, 1.82) is 0 Å². The van der Waals surface area contributed by atoms with Gasteiger partial charge < -0.3 is 79.6 Å². The quantitative estimate of drug-likeness (QED) is 0.0791. The van der Waals surface area contributed by atoms with E-state index in [9.17, 15) is 34.8 Å². The minimum Gasteiger partial charge on any atom is -0.459 e. The zero-order valence-electron chi connectivity index (χ0n) is 42.7. The molecule has 3 saturated heterocycles. The Hall–Kier alpha value is -2.43. The van der Waals surface area contributed by atoms with Crippen LogP contribution in [0.1, 0.15) is 129 Å². The number of nitrogens with one attached hydrogen (secondary N) is 2. The molecule has 0 spiro atoms. The number of cyclic esters (lactones) is 1. The Morgan fingerprint density at radius 3 is 2.12 bits per heavy atom. The molecule has 3 aliphatic rings. The standard InChI is InChI=1S/C47H88N4O15/c1-17-32-47(13,58)37(53)27(4)34(50-43(56)66-44(8,9)10)25(2)23-45(11,57)38(64-41-35(52)31(51(14)15)22-26(3)60-41)28(5)36(29(6)40(54)62-32)63-33-24-46(12,59-16)39(30(7)61-33)65-42(55)49-21-19-18-20-48/h25-39,41,52-53,57-58H,17-24,48H2,1-16H3,(H,49,55)(H,50,56)/t25-,26?,27+,28?,29-,30?,31?,32-,33?,34+,35?,36+,37-,38-,39?,41?,45-,46?,47-/m1/s1. The summed E-state index contributed by atoms with van der Waals surface area (Å²) in [6.07, 6.45) is -10.1. The number of methoxy groups -OCH3 is 1. The number of hydrogen-bond acceptors (Lipinski definition) is 17. The molecule has 0 aromatic heterocycles.